The second-order valence-electron chi connectivity index (χ2n) is 7.38. The average Bonchev–Trinajstić information content (AvgIpc) is 2.70. The van der Waals surface area contributed by atoms with Crippen LogP contribution in [0.2, 0.25) is 0 Å². The Morgan fingerprint density at radius 3 is 2.58 bits per heavy atom. The van der Waals surface area contributed by atoms with E-state index in [0.717, 1.165) is 38.4 Å². The maximum Gasteiger partial charge on any atom is 0.146 e. The Morgan fingerprint density at radius 1 is 1.16 bits per heavy atom. The number of aliphatic hydroxyl groups is 1. The van der Waals surface area contributed by atoms with Crippen LogP contribution in [0.15, 0.2) is 0 Å². The predicted octanol–water partition coefficient (Wildman–Crippen LogP) is 2.36. The van der Waals surface area contributed by atoms with Crippen LogP contribution in [0.25, 0.3) is 0 Å². The SMILES string of the molecule is C[C@]12CC[C@H]3[C@@H](CCC(=O)[C@]3(C)C=O)[C@@H]1CC[C@@H]2O. The highest BCUT2D eigenvalue weighted by Crippen LogP contribution is 2.61. The van der Waals surface area contributed by atoms with Gasteiger partial charge in [-0.3, -0.25) is 4.79 Å². The molecule has 0 spiro atoms. The standard InChI is InChI=1S/C16H24O3/c1-15-8-7-12-10(11(15)4-6-13(15)18)3-5-14(19)16(12,2)9-17/h9-13,18H,3-8H2,1-2H3/t10-,11-,12-,13-,15-,16+/m0/s1. The lowest BCUT2D eigenvalue weighted by atomic mass is 9.50. The third kappa shape index (κ3) is 1.60. The molecule has 0 aliphatic heterocycles. The number of ketones is 1. The van der Waals surface area contributed by atoms with Crippen molar-refractivity contribution >= 4 is 12.1 Å². The molecule has 3 nitrogen and oxygen atoms in total. The number of aldehydes is 1. The van der Waals surface area contributed by atoms with Gasteiger partial charge in [0.05, 0.1) is 11.5 Å². The number of hydrogen-bond acceptors (Lipinski definition) is 3. The van der Waals surface area contributed by atoms with Gasteiger partial charge in [0.1, 0.15) is 12.1 Å². The Hall–Kier alpha value is -0.700. The smallest absolute Gasteiger partial charge is 0.146 e. The van der Waals surface area contributed by atoms with E-state index in [1.165, 1.54) is 0 Å². The summed E-state index contributed by atoms with van der Waals surface area (Å²) in [7, 11) is 0. The summed E-state index contributed by atoms with van der Waals surface area (Å²) in [6.07, 6.45) is 5.97. The molecule has 1 N–H and O–H groups in total. The van der Waals surface area contributed by atoms with E-state index in [4.69, 9.17) is 0 Å². The molecule has 0 aromatic carbocycles. The van der Waals surface area contributed by atoms with Gasteiger partial charge in [0.2, 0.25) is 0 Å². The summed E-state index contributed by atoms with van der Waals surface area (Å²) in [6, 6.07) is 0. The molecule has 0 heterocycles. The Bertz CT molecular complexity index is 418. The molecule has 3 saturated carbocycles. The summed E-state index contributed by atoms with van der Waals surface area (Å²) >= 11 is 0. The molecule has 0 aromatic heterocycles. The Kier molecular flexibility index (Phi) is 2.90. The number of hydrogen-bond donors (Lipinski definition) is 1. The van der Waals surface area contributed by atoms with E-state index in [1.54, 1.807) is 0 Å². The highest BCUT2D eigenvalue weighted by atomic mass is 16.3. The first kappa shape index (κ1) is 13.3. The first-order valence-electron chi connectivity index (χ1n) is 7.61. The van der Waals surface area contributed by atoms with Crippen LogP contribution in [0.5, 0.6) is 0 Å². The third-order valence-corrected chi connectivity index (χ3v) is 6.71. The van der Waals surface area contributed by atoms with Gasteiger partial charge >= 0.3 is 0 Å². The Morgan fingerprint density at radius 2 is 1.89 bits per heavy atom. The molecule has 19 heavy (non-hydrogen) atoms. The number of carbonyl (C=O) groups is 2. The molecule has 3 rings (SSSR count). The topological polar surface area (TPSA) is 54.4 Å². The van der Waals surface area contributed by atoms with Crippen molar-refractivity contribution in [2.45, 2.75) is 58.5 Å². The van der Waals surface area contributed by atoms with Crippen molar-refractivity contribution in [1.82, 2.24) is 0 Å². The monoisotopic (exact) mass is 264 g/mol. The normalized spacial score (nSPS) is 53.5. The van der Waals surface area contributed by atoms with Crippen LogP contribution in [0.3, 0.4) is 0 Å². The van der Waals surface area contributed by atoms with Crippen molar-refractivity contribution in [1.29, 1.82) is 0 Å². The summed E-state index contributed by atoms with van der Waals surface area (Å²) in [5.41, 5.74) is -0.747. The number of fused-ring (bicyclic) bond motifs is 3. The van der Waals surface area contributed by atoms with Crippen LogP contribution in [-0.2, 0) is 9.59 Å². The molecule has 3 aliphatic carbocycles. The second-order valence-corrected chi connectivity index (χ2v) is 7.38. The lowest BCUT2D eigenvalue weighted by Crippen LogP contribution is -2.53. The van der Waals surface area contributed by atoms with E-state index in [1.807, 2.05) is 6.92 Å². The van der Waals surface area contributed by atoms with Gasteiger partial charge in [-0.05, 0) is 62.2 Å². The summed E-state index contributed by atoms with van der Waals surface area (Å²) in [5.74, 6) is 1.28. The molecule has 0 radical (unpaired) electrons. The van der Waals surface area contributed by atoms with Gasteiger partial charge in [-0.1, -0.05) is 6.92 Å². The van der Waals surface area contributed by atoms with Gasteiger partial charge in [-0.25, -0.2) is 0 Å². The fourth-order valence-corrected chi connectivity index (χ4v) is 5.33. The van der Waals surface area contributed by atoms with Gasteiger partial charge in [-0.15, -0.1) is 0 Å². The van der Waals surface area contributed by atoms with Crippen molar-refractivity contribution in [2.24, 2.45) is 28.6 Å². The lowest BCUT2D eigenvalue weighted by molar-refractivity contribution is -0.150. The van der Waals surface area contributed by atoms with Gasteiger partial charge < -0.3 is 9.90 Å². The Balaban J connectivity index is 1.95. The number of Topliss-reactive ketones (excluding diaryl/α,β-unsaturated/α-hetero) is 1. The summed E-state index contributed by atoms with van der Waals surface area (Å²) in [6.45, 7) is 4.05. The van der Waals surface area contributed by atoms with Crippen LogP contribution < -0.4 is 0 Å². The zero-order chi connectivity index (χ0) is 13.8. The van der Waals surface area contributed by atoms with E-state index in [0.29, 0.717) is 18.3 Å². The van der Waals surface area contributed by atoms with E-state index in [-0.39, 0.29) is 23.2 Å². The fraction of sp³-hybridized carbons (Fsp3) is 0.875. The van der Waals surface area contributed by atoms with Gasteiger partial charge in [-0.2, -0.15) is 0 Å². The summed E-state index contributed by atoms with van der Waals surface area (Å²) < 4.78 is 0. The summed E-state index contributed by atoms with van der Waals surface area (Å²) in [5, 5.41) is 10.3. The first-order chi connectivity index (χ1) is 8.93. The first-order valence-corrected chi connectivity index (χ1v) is 7.61. The molecule has 0 aromatic rings. The van der Waals surface area contributed by atoms with E-state index in [9.17, 15) is 14.7 Å². The van der Waals surface area contributed by atoms with Crippen molar-refractivity contribution in [2.75, 3.05) is 0 Å². The number of aliphatic hydroxyl groups excluding tert-OH is 1. The van der Waals surface area contributed by atoms with Crippen molar-refractivity contribution in [3.05, 3.63) is 0 Å². The zero-order valence-electron chi connectivity index (χ0n) is 11.9. The minimum Gasteiger partial charge on any atom is -0.393 e. The molecule has 6 atom stereocenters. The molecule has 3 aliphatic rings. The average molecular weight is 264 g/mol. The maximum atomic E-state index is 12.2. The second kappa shape index (κ2) is 4.15. The Labute approximate surface area is 114 Å². The highest BCUT2D eigenvalue weighted by Gasteiger charge is 2.59. The van der Waals surface area contributed by atoms with Crippen molar-refractivity contribution in [3.8, 4) is 0 Å². The van der Waals surface area contributed by atoms with Crippen LogP contribution in [0, 0.1) is 28.6 Å². The minimum atomic E-state index is -0.766. The van der Waals surface area contributed by atoms with Crippen molar-refractivity contribution in [3.63, 3.8) is 0 Å². The largest absolute Gasteiger partial charge is 0.393 e. The van der Waals surface area contributed by atoms with E-state index in [2.05, 4.69) is 6.92 Å². The molecular weight excluding hydrogens is 240 g/mol. The minimum absolute atomic E-state index is 0.0192. The molecule has 106 valence electrons. The predicted molar refractivity (Wildman–Crippen MR) is 71.5 cm³/mol. The van der Waals surface area contributed by atoms with Crippen LogP contribution >= 0.6 is 0 Å². The van der Waals surface area contributed by atoms with Gasteiger partial charge in [0, 0.05) is 6.42 Å². The highest BCUT2D eigenvalue weighted by molar-refractivity contribution is 5.98. The molecule has 3 fully saturated rings. The lowest BCUT2D eigenvalue weighted by Gasteiger charge is -2.53. The molecule has 3 heteroatoms. The molecular formula is C16H24O3. The zero-order valence-corrected chi connectivity index (χ0v) is 11.9. The van der Waals surface area contributed by atoms with E-state index < -0.39 is 5.41 Å². The van der Waals surface area contributed by atoms with E-state index >= 15 is 0 Å². The van der Waals surface area contributed by atoms with Crippen LogP contribution in [-0.4, -0.2) is 23.3 Å². The number of carbonyl (C=O) groups excluding carboxylic acids is 2. The third-order valence-electron chi connectivity index (χ3n) is 6.71. The van der Waals surface area contributed by atoms with Crippen molar-refractivity contribution < 1.29 is 14.7 Å². The molecule has 0 saturated heterocycles. The quantitative estimate of drug-likeness (QED) is 0.584. The molecule has 0 bridgehead atoms. The fourth-order valence-electron chi connectivity index (χ4n) is 5.33. The van der Waals surface area contributed by atoms with Gasteiger partial charge in [0.25, 0.3) is 0 Å². The maximum absolute atomic E-state index is 12.2. The molecule has 0 amide bonds. The molecule has 0 unspecified atom stereocenters. The van der Waals surface area contributed by atoms with Gasteiger partial charge in [0.15, 0.2) is 0 Å². The van der Waals surface area contributed by atoms with Crippen LogP contribution in [0.1, 0.15) is 52.4 Å². The van der Waals surface area contributed by atoms with Crippen LogP contribution in [0.4, 0.5) is 0 Å². The number of rotatable bonds is 1. The summed E-state index contributed by atoms with van der Waals surface area (Å²) in [4.78, 5) is 23.7.